The summed E-state index contributed by atoms with van der Waals surface area (Å²) in [5.41, 5.74) is 4.38. The lowest BCUT2D eigenvalue weighted by Gasteiger charge is -2.11. The Hall–Kier alpha value is -1.13. The van der Waals surface area contributed by atoms with Gasteiger partial charge in [0.2, 0.25) is 0 Å². The molecule has 0 aliphatic carbocycles. The van der Waals surface area contributed by atoms with Gasteiger partial charge in [0.25, 0.3) is 0 Å². The van der Waals surface area contributed by atoms with E-state index in [-0.39, 0.29) is 11.6 Å². The maximum atomic E-state index is 13.5. The molecule has 4 heteroatoms. The average Bonchev–Trinajstić information content (AvgIpc) is 2.25. The first-order valence-corrected chi connectivity index (χ1v) is 4.84. The van der Waals surface area contributed by atoms with Crippen LogP contribution in [0.25, 0.3) is 0 Å². The largest absolute Gasteiger partial charge is 0.493 e. The molecule has 1 aromatic carbocycles. The van der Waals surface area contributed by atoms with Crippen LogP contribution in [0.2, 0.25) is 0 Å². The fourth-order valence-electron chi connectivity index (χ4n) is 1.43. The zero-order chi connectivity index (χ0) is 11.3. The summed E-state index contributed by atoms with van der Waals surface area (Å²) in [5.74, 6) is -0.0542. The summed E-state index contributed by atoms with van der Waals surface area (Å²) in [6.45, 7) is 2.40. The molecule has 0 saturated carbocycles. The second kappa shape index (κ2) is 5.68. The van der Waals surface area contributed by atoms with Gasteiger partial charge in [0, 0.05) is 12.1 Å². The number of benzene rings is 1. The van der Waals surface area contributed by atoms with Crippen molar-refractivity contribution in [3.05, 3.63) is 29.1 Å². The highest BCUT2D eigenvalue weighted by Gasteiger charge is 2.10. The van der Waals surface area contributed by atoms with E-state index >= 15 is 0 Å². The van der Waals surface area contributed by atoms with Gasteiger partial charge in [-0.1, -0.05) is 13.0 Å². The predicted molar refractivity (Wildman–Crippen MR) is 56.2 cm³/mol. The Balaban J connectivity index is 3.02. The predicted octanol–water partition coefficient (Wildman–Crippen LogP) is 2.05. The number of nitrogens with one attached hydrogen (secondary N) is 1. The number of aryl methyl sites for hydroxylation is 1. The molecule has 0 radical (unpaired) electrons. The lowest BCUT2D eigenvalue weighted by Crippen LogP contribution is -2.12. The third kappa shape index (κ3) is 2.91. The molecule has 0 saturated heterocycles. The highest BCUT2D eigenvalue weighted by molar-refractivity contribution is 5.38. The van der Waals surface area contributed by atoms with E-state index in [9.17, 15) is 4.39 Å². The van der Waals surface area contributed by atoms with Crippen LogP contribution in [-0.2, 0) is 17.8 Å². The topological polar surface area (TPSA) is 30.5 Å². The Morgan fingerprint density at radius 2 is 2.07 bits per heavy atom. The molecule has 0 aromatic heterocycles. The molecule has 0 atom stereocenters. The Kier molecular flexibility index (Phi) is 4.52. The summed E-state index contributed by atoms with van der Waals surface area (Å²) in [5, 5.41) is 0. The number of halogens is 1. The monoisotopic (exact) mass is 213 g/mol. The third-order valence-electron chi connectivity index (χ3n) is 2.20. The van der Waals surface area contributed by atoms with Crippen molar-refractivity contribution in [2.45, 2.75) is 19.9 Å². The first kappa shape index (κ1) is 11.9. The summed E-state index contributed by atoms with van der Waals surface area (Å²) in [6, 6.07) is 3.41. The van der Waals surface area contributed by atoms with E-state index in [0.29, 0.717) is 6.54 Å². The standard InChI is InChI=1S/C11H16FNO2/c1-4-8-5-9(7-13-15-3)11(14-2)10(12)6-8/h5-6,13H,4,7H2,1-3H3. The minimum Gasteiger partial charge on any atom is -0.493 e. The minimum absolute atomic E-state index is 0.275. The van der Waals surface area contributed by atoms with Gasteiger partial charge in [-0.2, -0.15) is 5.48 Å². The van der Waals surface area contributed by atoms with Crippen molar-refractivity contribution in [2.75, 3.05) is 14.2 Å². The first-order chi connectivity index (χ1) is 7.22. The van der Waals surface area contributed by atoms with Gasteiger partial charge in [-0.25, -0.2) is 4.39 Å². The zero-order valence-corrected chi connectivity index (χ0v) is 9.26. The van der Waals surface area contributed by atoms with Crippen molar-refractivity contribution in [3.8, 4) is 5.75 Å². The molecule has 3 nitrogen and oxygen atoms in total. The van der Waals surface area contributed by atoms with Crippen LogP contribution in [0.3, 0.4) is 0 Å². The van der Waals surface area contributed by atoms with E-state index in [1.54, 1.807) is 0 Å². The van der Waals surface area contributed by atoms with E-state index in [0.717, 1.165) is 17.5 Å². The molecule has 0 aliphatic rings. The van der Waals surface area contributed by atoms with Crippen molar-refractivity contribution in [1.29, 1.82) is 0 Å². The number of methoxy groups -OCH3 is 1. The second-order valence-corrected chi connectivity index (χ2v) is 3.15. The van der Waals surface area contributed by atoms with Gasteiger partial charge in [0.15, 0.2) is 11.6 Å². The Labute approximate surface area is 89.2 Å². The van der Waals surface area contributed by atoms with Gasteiger partial charge >= 0.3 is 0 Å². The number of ether oxygens (including phenoxy) is 1. The highest BCUT2D eigenvalue weighted by Crippen LogP contribution is 2.24. The van der Waals surface area contributed by atoms with Crippen LogP contribution < -0.4 is 10.2 Å². The lowest BCUT2D eigenvalue weighted by molar-refractivity contribution is 0.0860. The molecule has 0 unspecified atom stereocenters. The van der Waals surface area contributed by atoms with Gasteiger partial charge in [0.05, 0.1) is 14.2 Å². The zero-order valence-electron chi connectivity index (χ0n) is 9.26. The maximum absolute atomic E-state index is 13.5. The lowest BCUT2D eigenvalue weighted by atomic mass is 10.1. The van der Waals surface area contributed by atoms with Crippen LogP contribution >= 0.6 is 0 Å². The van der Waals surface area contributed by atoms with E-state index in [1.807, 2.05) is 13.0 Å². The van der Waals surface area contributed by atoms with E-state index in [4.69, 9.17) is 9.57 Å². The summed E-state index contributed by atoms with van der Waals surface area (Å²) < 4.78 is 18.5. The molecular weight excluding hydrogens is 197 g/mol. The van der Waals surface area contributed by atoms with Crippen LogP contribution in [0.4, 0.5) is 4.39 Å². The van der Waals surface area contributed by atoms with Crippen LogP contribution in [-0.4, -0.2) is 14.2 Å². The molecule has 0 spiro atoms. The molecule has 1 N–H and O–H groups in total. The molecule has 1 rings (SSSR count). The van der Waals surface area contributed by atoms with Crippen LogP contribution in [0.15, 0.2) is 12.1 Å². The van der Waals surface area contributed by atoms with E-state index in [2.05, 4.69) is 5.48 Å². The molecule has 1 aromatic rings. The quantitative estimate of drug-likeness (QED) is 0.759. The summed E-state index contributed by atoms with van der Waals surface area (Å²) in [6.07, 6.45) is 0.793. The van der Waals surface area contributed by atoms with Crippen molar-refractivity contribution in [1.82, 2.24) is 5.48 Å². The van der Waals surface area contributed by atoms with E-state index in [1.165, 1.54) is 20.3 Å². The molecule has 0 heterocycles. The molecule has 0 aliphatic heterocycles. The highest BCUT2D eigenvalue weighted by atomic mass is 19.1. The fourth-order valence-corrected chi connectivity index (χ4v) is 1.43. The number of hydroxylamine groups is 1. The minimum atomic E-state index is -0.329. The second-order valence-electron chi connectivity index (χ2n) is 3.15. The van der Waals surface area contributed by atoms with Gasteiger partial charge in [0.1, 0.15) is 0 Å². The maximum Gasteiger partial charge on any atom is 0.165 e. The van der Waals surface area contributed by atoms with Crippen LogP contribution in [0.1, 0.15) is 18.1 Å². The summed E-state index contributed by atoms with van der Waals surface area (Å²) in [4.78, 5) is 4.73. The van der Waals surface area contributed by atoms with Crippen molar-refractivity contribution >= 4 is 0 Å². The summed E-state index contributed by atoms with van der Waals surface area (Å²) >= 11 is 0. The van der Waals surface area contributed by atoms with Crippen molar-refractivity contribution in [2.24, 2.45) is 0 Å². The number of rotatable bonds is 5. The van der Waals surface area contributed by atoms with Gasteiger partial charge < -0.3 is 9.57 Å². The van der Waals surface area contributed by atoms with Crippen LogP contribution in [0.5, 0.6) is 5.75 Å². The SMILES string of the molecule is CCc1cc(F)c(OC)c(CNOC)c1. The van der Waals surface area contributed by atoms with Gasteiger partial charge in [-0.15, -0.1) is 0 Å². The molecule has 0 bridgehead atoms. The summed E-state index contributed by atoms with van der Waals surface area (Å²) in [7, 11) is 2.98. The van der Waals surface area contributed by atoms with Crippen molar-refractivity contribution < 1.29 is 14.0 Å². The molecule has 84 valence electrons. The first-order valence-electron chi connectivity index (χ1n) is 4.84. The van der Waals surface area contributed by atoms with Crippen LogP contribution in [0, 0.1) is 5.82 Å². The fraction of sp³-hybridized carbons (Fsp3) is 0.455. The normalized spacial score (nSPS) is 10.4. The molecule has 0 amide bonds. The molecular formula is C11H16FNO2. The van der Waals surface area contributed by atoms with Gasteiger partial charge in [-0.05, 0) is 18.1 Å². The van der Waals surface area contributed by atoms with Gasteiger partial charge in [-0.3, -0.25) is 0 Å². The Morgan fingerprint density at radius 1 is 1.33 bits per heavy atom. The average molecular weight is 213 g/mol. The van der Waals surface area contributed by atoms with E-state index < -0.39 is 0 Å². The molecule has 0 fully saturated rings. The Morgan fingerprint density at radius 3 is 2.60 bits per heavy atom. The Bertz CT molecular complexity index is 329. The third-order valence-corrected chi connectivity index (χ3v) is 2.20. The number of hydrogen-bond donors (Lipinski definition) is 1. The number of hydrogen-bond acceptors (Lipinski definition) is 3. The van der Waals surface area contributed by atoms with Crippen molar-refractivity contribution in [3.63, 3.8) is 0 Å². The smallest absolute Gasteiger partial charge is 0.165 e. The molecule has 15 heavy (non-hydrogen) atoms.